The molecule has 0 saturated heterocycles. The van der Waals surface area contributed by atoms with Gasteiger partial charge in [0.1, 0.15) is 17.8 Å². The maximum Gasteiger partial charge on any atom is 0.305 e. The number of nitrogens with one attached hydrogen (secondary N) is 1. The summed E-state index contributed by atoms with van der Waals surface area (Å²) in [5.74, 6) is -0.691. The molecule has 0 saturated carbocycles. The summed E-state index contributed by atoms with van der Waals surface area (Å²) < 4.78 is 6.58. The summed E-state index contributed by atoms with van der Waals surface area (Å²) in [4.78, 5) is 23.6. The second-order valence-corrected chi connectivity index (χ2v) is 5.73. The van der Waals surface area contributed by atoms with Crippen LogP contribution in [0.2, 0.25) is 0 Å². The van der Waals surface area contributed by atoms with E-state index < -0.39 is 12.0 Å². The molecule has 134 valence electrons. The zero-order valence-corrected chi connectivity index (χ0v) is 14.1. The van der Waals surface area contributed by atoms with Crippen molar-refractivity contribution in [1.82, 2.24) is 20.3 Å². The molecule has 1 amide bonds. The lowest BCUT2D eigenvalue weighted by Crippen LogP contribution is -2.33. The Morgan fingerprint density at radius 1 is 1.19 bits per heavy atom. The predicted molar refractivity (Wildman–Crippen MR) is 93.7 cm³/mol. The average molecular weight is 354 g/mol. The maximum absolute atomic E-state index is 12.4. The first-order chi connectivity index (χ1) is 12.6. The number of benzene rings is 2. The van der Waals surface area contributed by atoms with Gasteiger partial charge < -0.3 is 15.2 Å². The van der Waals surface area contributed by atoms with Crippen LogP contribution in [0.3, 0.4) is 0 Å². The highest BCUT2D eigenvalue weighted by Gasteiger charge is 2.19. The number of hydrogen-bond acceptors (Lipinski definition) is 5. The van der Waals surface area contributed by atoms with Crippen LogP contribution in [0.25, 0.3) is 11.0 Å². The molecule has 8 nitrogen and oxygen atoms in total. The number of hydrogen-bond donors (Lipinski definition) is 2. The largest absolute Gasteiger partial charge is 0.497 e. The number of carbonyl (C=O) groups excluding carboxylic acids is 1. The van der Waals surface area contributed by atoms with Crippen molar-refractivity contribution < 1.29 is 19.4 Å². The molecular weight excluding hydrogens is 336 g/mol. The van der Waals surface area contributed by atoms with Crippen LogP contribution < -0.4 is 10.1 Å². The Hall–Kier alpha value is -3.42. The Labute approximate surface area is 149 Å². The number of carbonyl (C=O) groups is 2. The fraction of sp³-hybridized carbons (Fsp3) is 0.222. The molecule has 0 bridgehead atoms. The average Bonchev–Trinajstić information content (AvgIpc) is 3.04. The topological polar surface area (TPSA) is 106 Å². The summed E-state index contributed by atoms with van der Waals surface area (Å²) in [5, 5.41) is 19.9. The monoisotopic (exact) mass is 354 g/mol. The SMILES string of the molecule is COc1ccc([C@@H](CC(=O)O)NC(=O)Cn2nnc3ccccc32)cc1. The van der Waals surface area contributed by atoms with Crippen molar-refractivity contribution in [2.45, 2.75) is 19.0 Å². The Morgan fingerprint density at radius 2 is 1.92 bits per heavy atom. The number of aromatic nitrogens is 3. The maximum atomic E-state index is 12.4. The number of ether oxygens (including phenoxy) is 1. The van der Waals surface area contributed by atoms with Crippen molar-refractivity contribution in [3.8, 4) is 5.75 Å². The standard InChI is InChI=1S/C18H18N4O4/c1-26-13-8-6-12(7-9-13)15(10-18(24)25)19-17(23)11-22-16-5-3-2-4-14(16)20-21-22/h2-9,15H,10-11H2,1H3,(H,19,23)(H,24,25)/t15-/m1/s1. The van der Waals surface area contributed by atoms with Gasteiger partial charge in [0.05, 0.1) is 25.1 Å². The van der Waals surface area contributed by atoms with Crippen molar-refractivity contribution in [2.75, 3.05) is 7.11 Å². The van der Waals surface area contributed by atoms with Gasteiger partial charge in [-0.1, -0.05) is 29.5 Å². The molecule has 8 heteroatoms. The fourth-order valence-electron chi connectivity index (χ4n) is 2.67. The van der Waals surface area contributed by atoms with Gasteiger partial charge in [-0.25, -0.2) is 4.68 Å². The molecule has 0 unspecified atom stereocenters. The first kappa shape index (κ1) is 17.4. The highest BCUT2D eigenvalue weighted by Crippen LogP contribution is 2.20. The van der Waals surface area contributed by atoms with Gasteiger partial charge in [-0.05, 0) is 29.8 Å². The summed E-state index contributed by atoms with van der Waals surface area (Å²) >= 11 is 0. The van der Waals surface area contributed by atoms with Crippen LogP contribution >= 0.6 is 0 Å². The molecular formula is C18H18N4O4. The number of aliphatic carboxylic acids is 1. The molecule has 1 heterocycles. The molecule has 0 spiro atoms. The number of para-hydroxylation sites is 1. The van der Waals surface area contributed by atoms with Crippen molar-refractivity contribution in [2.24, 2.45) is 0 Å². The Bertz CT molecular complexity index is 920. The smallest absolute Gasteiger partial charge is 0.305 e. The fourth-order valence-corrected chi connectivity index (χ4v) is 2.67. The van der Waals surface area contributed by atoms with Crippen molar-refractivity contribution in [1.29, 1.82) is 0 Å². The van der Waals surface area contributed by atoms with E-state index in [4.69, 9.17) is 9.84 Å². The van der Waals surface area contributed by atoms with Crippen LogP contribution in [-0.2, 0) is 16.1 Å². The van der Waals surface area contributed by atoms with Gasteiger partial charge in [0.15, 0.2) is 0 Å². The highest BCUT2D eigenvalue weighted by atomic mass is 16.5. The van der Waals surface area contributed by atoms with Gasteiger partial charge in [-0.3, -0.25) is 9.59 Å². The van der Waals surface area contributed by atoms with E-state index in [2.05, 4.69) is 15.6 Å². The molecule has 26 heavy (non-hydrogen) atoms. The van der Waals surface area contributed by atoms with Gasteiger partial charge in [0.2, 0.25) is 5.91 Å². The van der Waals surface area contributed by atoms with Gasteiger partial charge in [-0.2, -0.15) is 0 Å². The van der Waals surface area contributed by atoms with Crippen LogP contribution in [0.4, 0.5) is 0 Å². The Morgan fingerprint density at radius 3 is 2.62 bits per heavy atom. The second-order valence-electron chi connectivity index (χ2n) is 5.73. The molecule has 0 aliphatic rings. The van der Waals surface area contributed by atoms with Crippen LogP contribution in [-0.4, -0.2) is 39.1 Å². The third-order valence-electron chi connectivity index (χ3n) is 3.95. The summed E-state index contributed by atoms with van der Waals surface area (Å²) in [6.45, 7) is -0.0488. The molecule has 0 radical (unpaired) electrons. The van der Waals surface area contributed by atoms with E-state index in [9.17, 15) is 9.59 Å². The van der Waals surface area contributed by atoms with Crippen molar-refractivity contribution >= 4 is 22.9 Å². The molecule has 0 fully saturated rings. The van der Waals surface area contributed by atoms with Crippen molar-refractivity contribution in [3.05, 3.63) is 54.1 Å². The quantitative estimate of drug-likeness (QED) is 0.670. The highest BCUT2D eigenvalue weighted by molar-refractivity contribution is 5.80. The molecule has 1 atom stereocenters. The minimum atomic E-state index is -1.00. The Kier molecular flexibility index (Phi) is 5.12. The lowest BCUT2D eigenvalue weighted by molar-refractivity contribution is -0.137. The normalized spacial score (nSPS) is 11.9. The summed E-state index contributed by atoms with van der Waals surface area (Å²) in [5.41, 5.74) is 2.12. The molecule has 1 aromatic heterocycles. The van der Waals surface area contributed by atoms with E-state index in [1.54, 1.807) is 37.4 Å². The summed E-state index contributed by atoms with van der Waals surface area (Å²) in [6, 6.07) is 13.6. The lowest BCUT2D eigenvalue weighted by Gasteiger charge is -2.18. The lowest BCUT2D eigenvalue weighted by atomic mass is 10.0. The summed E-state index contributed by atoms with van der Waals surface area (Å²) in [6.07, 6.45) is -0.226. The van der Waals surface area contributed by atoms with Crippen LogP contribution in [0.15, 0.2) is 48.5 Å². The number of carboxylic acids is 1. The first-order valence-corrected chi connectivity index (χ1v) is 8.00. The van der Waals surface area contributed by atoms with E-state index >= 15 is 0 Å². The van der Waals surface area contributed by atoms with E-state index in [0.717, 1.165) is 5.52 Å². The molecule has 0 aliphatic carbocycles. The zero-order valence-electron chi connectivity index (χ0n) is 14.1. The van der Waals surface area contributed by atoms with Gasteiger partial charge in [0.25, 0.3) is 0 Å². The van der Waals surface area contributed by atoms with Gasteiger partial charge >= 0.3 is 5.97 Å². The number of carboxylic acid groups (broad SMARTS) is 1. The molecule has 3 rings (SSSR count). The van der Waals surface area contributed by atoms with E-state index in [-0.39, 0.29) is 18.9 Å². The summed E-state index contributed by atoms with van der Waals surface area (Å²) in [7, 11) is 1.55. The zero-order chi connectivity index (χ0) is 18.5. The van der Waals surface area contributed by atoms with Gasteiger partial charge in [-0.15, -0.1) is 5.10 Å². The third-order valence-corrected chi connectivity index (χ3v) is 3.95. The third kappa shape index (κ3) is 3.97. The molecule has 2 aromatic carbocycles. The van der Waals surface area contributed by atoms with Crippen LogP contribution in [0.1, 0.15) is 18.0 Å². The number of methoxy groups -OCH3 is 1. The minimum Gasteiger partial charge on any atom is -0.497 e. The number of amides is 1. The van der Waals surface area contributed by atoms with Crippen molar-refractivity contribution in [3.63, 3.8) is 0 Å². The molecule has 3 aromatic rings. The number of nitrogens with zero attached hydrogens (tertiary/aromatic N) is 3. The number of fused-ring (bicyclic) bond motifs is 1. The van der Waals surface area contributed by atoms with E-state index in [1.807, 2.05) is 18.2 Å². The second kappa shape index (κ2) is 7.64. The predicted octanol–water partition coefficient (Wildman–Crippen LogP) is 1.77. The first-order valence-electron chi connectivity index (χ1n) is 8.00. The van der Waals surface area contributed by atoms with Crippen LogP contribution in [0.5, 0.6) is 5.75 Å². The minimum absolute atomic E-state index is 0.0488. The van der Waals surface area contributed by atoms with Gasteiger partial charge in [0, 0.05) is 0 Å². The molecule has 0 aliphatic heterocycles. The van der Waals surface area contributed by atoms with Crippen LogP contribution in [0, 0.1) is 0 Å². The van der Waals surface area contributed by atoms with E-state index in [1.165, 1.54) is 4.68 Å². The Balaban J connectivity index is 1.75. The van der Waals surface area contributed by atoms with E-state index in [0.29, 0.717) is 16.8 Å². The number of rotatable bonds is 7. The molecule has 2 N–H and O–H groups in total.